The van der Waals surface area contributed by atoms with Crippen molar-refractivity contribution in [2.75, 3.05) is 5.73 Å². The summed E-state index contributed by atoms with van der Waals surface area (Å²) in [4.78, 5) is 0. The van der Waals surface area contributed by atoms with Crippen molar-refractivity contribution in [1.29, 1.82) is 0 Å². The van der Waals surface area contributed by atoms with E-state index in [1.807, 2.05) is 66.7 Å². The van der Waals surface area contributed by atoms with E-state index in [-0.39, 0.29) is 0 Å². The van der Waals surface area contributed by atoms with Crippen molar-refractivity contribution in [3.05, 3.63) is 77.2 Å². The van der Waals surface area contributed by atoms with Gasteiger partial charge in [0, 0.05) is 0 Å². The van der Waals surface area contributed by atoms with Gasteiger partial charge < -0.3 is 15.0 Å². The van der Waals surface area contributed by atoms with Gasteiger partial charge >= 0.3 is 0 Å². The summed E-state index contributed by atoms with van der Waals surface area (Å²) >= 11 is 0. The van der Waals surface area contributed by atoms with Crippen LogP contribution in [-0.4, -0.2) is 5.16 Å². The zero-order valence-corrected chi connectivity index (χ0v) is 12.9. The summed E-state index contributed by atoms with van der Waals surface area (Å²) in [7, 11) is 0. The number of hydrogen-bond donors (Lipinski definition) is 1. The fraction of sp³-hybridized carbons (Fsp3) is 0.105. The van der Waals surface area contributed by atoms with Gasteiger partial charge in [-0.1, -0.05) is 53.7 Å². The van der Waals surface area contributed by atoms with Gasteiger partial charge in [0.15, 0.2) is 5.76 Å². The Balaban J connectivity index is 1.62. The van der Waals surface area contributed by atoms with Crippen molar-refractivity contribution in [2.45, 2.75) is 13.5 Å². The standard InChI is InChI=1S/C19H18N2O2/c1-14-19(20)18(21-23-14)12-9-15-7-10-17(11-8-15)22-13-16-5-3-2-4-6-16/h2-12H,13,20H2,1H3. The quantitative estimate of drug-likeness (QED) is 0.762. The first-order valence-electron chi connectivity index (χ1n) is 7.39. The molecule has 1 heterocycles. The lowest BCUT2D eigenvalue weighted by atomic mass is 10.2. The predicted octanol–water partition coefficient (Wildman–Crippen LogP) is 4.31. The second-order valence-corrected chi connectivity index (χ2v) is 5.21. The van der Waals surface area contributed by atoms with Gasteiger partial charge in [-0.2, -0.15) is 0 Å². The van der Waals surface area contributed by atoms with Crippen LogP contribution in [0.5, 0.6) is 5.75 Å². The van der Waals surface area contributed by atoms with Crippen LogP contribution in [-0.2, 0) is 6.61 Å². The van der Waals surface area contributed by atoms with Crippen molar-refractivity contribution in [3.8, 4) is 5.75 Å². The molecule has 23 heavy (non-hydrogen) atoms. The Kier molecular flexibility index (Phi) is 4.43. The Labute approximate surface area is 135 Å². The molecule has 2 aromatic carbocycles. The van der Waals surface area contributed by atoms with Crippen LogP contribution in [0.15, 0.2) is 59.1 Å². The number of anilines is 1. The van der Waals surface area contributed by atoms with Gasteiger partial charge in [0.2, 0.25) is 0 Å². The zero-order valence-electron chi connectivity index (χ0n) is 12.9. The molecule has 0 amide bonds. The second-order valence-electron chi connectivity index (χ2n) is 5.21. The first-order chi connectivity index (χ1) is 11.2. The largest absolute Gasteiger partial charge is 0.489 e. The number of nitrogens with zero attached hydrogens (tertiary/aromatic N) is 1. The summed E-state index contributed by atoms with van der Waals surface area (Å²) in [5.41, 5.74) is 9.26. The van der Waals surface area contributed by atoms with Gasteiger partial charge in [-0.05, 0) is 36.3 Å². The minimum atomic E-state index is 0.560. The maximum Gasteiger partial charge on any atom is 0.157 e. The lowest BCUT2D eigenvalue weighted by Gasteiger charge is -2.06. The lowest BCUT2D eigenvalue weighted by Crippen LogP contribution is -1.94. The third kappa shape index (κ3) is 3.80. The number of nitrogen functional groups attached to an aromatic ring is 1. The van der Waals surface area contributed by atoms with Crippen LogP contribution < -0.4 is 10.5 Å². The molecule has 0 aliphatic heterocycles. The number of ether oxygens (including phenoxy) is 1. The third-order valence-corrected chi connectivity index (χ3v) is 3.50. The average Bonchev–Trinajstić information content (AvgIpc) is 2.92. The Hall–Kier alpha value is -3.01. The van der Waals surface area contributed by atoms with Crippen LogP contribution in [0.4, 0.5) is 5.69 Å². The highest BCUT2D eigenvalue weighted by Crippen LogP contribution is 2.19. The number of benzene rings is 2. The van der Waals surface area contributed by atoms with Crippen LogP contribution >= 0.6 is 0 Å². The fourth-order valence-electron chi connectivity index (χ4n) is 2.11. The summed E-state index contributed by atoms with van der Waals surface area (Å²) in [6.07, 6.45) is 3.78. The third-order valence-electron chi connectivity index (χ3n) is 3.50. The first-order valence-corrected chi connectivity index (χ1v) is 7.39. The molecule has 3 aromatic rings. The minimum Gasteiger partial charge on any atom is -0.489 e. The molecule has 0 aliphatic carbocycles. The zero-order chi connectivity index (χ0) is 16.1. The van der Waals surface area contributed by atoms with Crippen molar-refractivity contribution < 1.29 is 9.26 Å². The molecule has 3 rings (SSSR count). The van der Waals surface area contributed by atoms with Gasteiger partial charge in [0.1, 0.15) is 23.7 Å². The lowest BCUT2D eigenvalue weighted by molar-refractivity contribution is 0.306. The topological polar surface area (TPSA) is 61.3 Å². The Morgan fingerprint density at radius 3 is 2.43 bits per heavy atom. The molecule has 0 spiro atoms. The summed E-state index contributed by atoms with van der Waals surface area (Å²) in [6.45, 7) is 2.35. The molecule has 0 saturated carbocycles. The summed E-state index contributed by atoms with van der Waals surface area (Å²) < 4.78 is 10.8. The molecule has 0 fully saturated rings. The van der Waals surface area contributed by atoms with Crippen LogP contribution in [0.1, 0.15) is 22.6 Å². The molecule has 2 N–H and O–H groups in total. The minimum absolute atomic E-state index is 0.560. The van der Waals surface area contributed by atoms with Crippen molar-refractivity contribution in [2.24, 2.45) is 0 Å². The van der Waals surface area contributed by atoms with Crippen LogP contribution in [0, 0.1) is 6.92 Å². The number of nitrogens with two attached hydrogens (primary N) is 1. The molecule has 0 saturated heterocycles. The van der Waals surface area contributed by atoms with E-state index in [9.17, 15) is 0 Å². The smallest absolute Gasteiger partial charge is 0.157 e. The molecule has 1 aromatic heterocycles. The van der Waals surface area contributed by atoms with Crippen molar-refractivity contribution >= 4 is 17.8 Å². The number of aryl methyl sites for hydroxylation is 1. The molecule has 0 atom stereocenters. The van der Waals surface area contributed by atoms with E-state index in [1.165, 1.54) is 0 Å². The van der Waals surface area contributed by atoms with Crippen molar-refractivity contribution in [1.82, 2.24) is 5.16 Å². The normalized spacial score (nSPS) is 11.0. The molecular formula is C19H18N2O2. The SMILES string of the molecule is Cc1onc(C=Cc2ccc(OCc3ccccc3)cc2)c1N. The second kappa shape index (κ2) is 6.83. The Morgan fingerprint density at radius 1 is 1.04 bits per heavy atom. The number of hydrogen-bond acceptors (Lipinski definition) is 4. The van der Waals surface area contributed by atoms with E-state index in [0.29, 0.717) is 23.7 Å². The molecule has 116 valence electrons. The fourth-order valence-corrected chi connectivity index (χ4v) is 2.11. The molecule has 0 bridgehead atoms. The van der Waals surface area contributed by atoms with Gasteiger partial charge in [-0.25, -0.2) is 0 Å². The number of aromatic nitrogens is 1. The molecule has 4 heteroatoms. The first kappa shape index (κ1) is 14.9. The maximum atomic E-state index is 5.86. The van der Waals surface area contributed by atoms with E-state index in [4.69, 9.17) is 15.0 Å². The molecular weight excluding hydrogens is 288 g/mol. The summed E-state index contributed by atoms with van der Waals surface area (Å²) in [5, 5.41) is 3.90. The highest BCUT2D eigenvalue weighted by atomic mass is 16.5. The van der Waals surface area contributed by atoms with E-state index >= 15 is 0 Å². The maximum absolute atomic E-state index is 5.86. The summed E-state index contributed by atoms with van der Waals surface area (Å²) in [6, 6.07) is 17.9. The summed E-state index contributed by atoms with van der Waals surface area (Å²) in [5.74, 6) is 1.47. The van der Waals surface area contributed by atoms with E-state index in [2.05, 4.69) is 5.16 Å². The average molecular weight is 306 g/mol. The van der Waals surface area contributed by atoms with Crippen LogP contribution in [0.3, 0.4) is 0 Å². The van der Waals surface area contributed by atoms with E-state index in [1.54, 1.807) is 6.92 Å². The Morgan fingerprint density at radius 2 is 1.78 bits per heavy atom. The highest BCUT2D eigenvalue weighted by molar-refractivity contribution is 5.74. The van der Waals surface area contributed by atoms with E-state index < -0.39 is 0 Å². The van der Waals surface area contributed by atoms with Gasteiger partial charge in [-0.3, -0.25) is 0 Å². The molecule has 0 aliphatic rings. The number of rotatable bonds is 5. The van der Waals surface area contributed by atoms with E-state index in [0.717, 1.165) is 16.9 Å². The molecule has 4 nitrogen and oxygen atoms in total. The van der Waals surface area contributed by atoms with Crippen LogP contribution in [0.25, 0.3) is 12.2 Å². The van der Waals surface area contributed by atoms with Gasteiger partial charge in [0.05, 0.1) is 0 Å². The monoisotopic (exact) mass is 306 g/mol. The van der Waals surface area contributed by atoms with Crippen LogP contribution in [0.2, 0.25) is 0 Å². The molecule has 0 unspecified atom stereocenters. The Bertz CT molecular complexity index is 790. The molecule has 0 radical (unpaired) electrons. The van der Waals surface area contributed by atoms with Gasteiger partial charge in [-0.15, -0.1) is 0 Å². The highest BCUT2D eigenvalue weighted by Gasteiger charge is 2.05. The van der Waals surface area contributed by atoms with Crippen molar-refractivity contribution in [3.63, 3.8) is 0 Å². The predicted molar refractivity (Wildman–Crippen MR) is 91.8 cm³/mol. The van der Waals surface area contributed by atoms with Gasteiger partial charge in [0.25, 0.3) is 0 Å².